The number of rotatable bonds is 5. The second-order valence-corrected chi connectivity index (χ2v) is 4.47. The van der Waals surface area contributed by atoms with Crippen molar-refractivity contribution in [2.45, 2.75) is 13.5 Å². The molecule has 0 bridgehead atoms. The molecule has 0 saturated heterocycles. The van der Waals surface area contributed by atoms with Gasteiger partial charge in [0.15, 0.2) is 0 Å². The lowest BCUT2D eigenvalue weighted by Crippen LogP contribution is -2.27. The number of benzene rings is 1. The van der Waals surface area contributed by atoms with E-state index >= 15 is 0 Å². The van der Waals surface area contributed by atoms with Crippen molar-refractivity contribution in [2.75, 3.05) is 11.9 Å². The van der Waals surface area contributed by atoms with Gasteiger partial charge in [-0.1, -0.05) is 12.1 Å². The Kier molecular flexibility index (Phi) is 4.79. The van der Waals surface area contributed by atoms with Crippen molar-refractivity contribution >= 4 is 11.6 Å². The zero-order chi connectivity index (χ0) is 14.4. The molecule has 1 aromatic carbocycles. The van der Waals surface area contributed by atoms with Crippen molar-refractivity contribution in [3.05, 3.63) is 59.7 Å². The highest BCUT2D eigenvalue weighted by Gasteiger charge is 2.02. The largest absolute Gasteiger partial charge is 0.325 e. The summed E-state index contributed by atoms with van der Waals surface area (Å²) in [5.74, 6) is -0.586. The molecule has 0 aliphatic carbocycles. The molecule has 5 heteroatoms. The molecule has 0 spiro atoms. The maximum atomic E-state index is 12.9. The molecule has 20 heavy (non-hydrogen) atoms. The average Bonchev–Trinajstić information content (AvgIpc) is 2.41. The summed E-state index contributed by atoms with van der Waals surface area (Å²) in [6, 6.07) is 9.69. The number of carbonyl (C=O) groups excluding carboxylic acids is 1. The third-order valence-electron chi connectivity index (χ3n) is 2.70. The first-order chi connectivity index (χ1) is 9.63. The molecule has 0 unspecified atom stereocenters. The molecule has 104 valence electrons. The van der Waals surface area contributed by atoms with Gasteiger partial charge in [0.25, 0.3) is 0 Å². The Balaban J connectivity index is 1.76. The maximum Gasteiger partial charge on any atom is 0.238 e. The molecule has 2 rings (SSSR count). The third kappa shape index (κ3) is 4.44. The normalized spacial score (nSPS) is 10.3. The van der Waals surface area contributed by atoms with Gasteiger partial charge >= 0.3 is 0 Å². The number of anilines is 1. The van der Waals surface area contributed by atoms with E-state index in [0.717, 1.165) is 11.3 Å². The molecule has 0 aliphatic rings. The first-order valence-corrected chi connectivity index (χ1v) is 6.31. The molecule has 1 heterocycles. The van der Waals surface area contributed by atoms with Crippen LogP contribution >= 0.6 is 0 Å². The van der Waals surface area contributed by atoms with Gasteiger partial charge < -0.3 is 10.6 Å². The quantitative estimate of drug-likeness (QED) is 0.878. The van der Waals surface area contributed by atoms with Crippen LogP contribution in [0.4, 0.5) is 10.1 Å². The number of aryl methyl sites for hydroxylation is 1. The molecule has 1 amide bonds. The van der Waals surface area contributed by atoms with Crippen LogP contribution in [0.5, 0.6) is 0 Å². The van der Waals surface area contributed by atoms with Gasteiger partial charge in [-0.25, -0.2) is 4.39 Å². The lowest BCUT2D eigenvalue weighted by atomic mass is 10.2. The monoisotopic (exact) mass is 273 g/mol. The number of pyridine rings is 1. The van der Waals surface area contributed by atoms with Crippen LogP contribution < -0.4 is 10.6 Å². The molecule has 2 aromatic rings. The fraction of sp³-hybridized carbons (Fsp3) is 0.200. The minimum atomic E-state index is -0.374. The number of aromatic nitrogens is 1. The van der Waals surface area contributed by atoms with Crippen molar-refractivity contribution in [1.29, 1.82) is 0 Å². The fourth-order valence-electron chi connectivity index (χ4n) is 1.69. The van der Waals surface area contributed by atoms with Gasteiger partial charge in [-0.2, -0.15) is 0 Å². The molecule has 0 fully saturated rings. The van der Waals surface area contributed by atoms with Crippen LogP contribution in [0.25, 0.3) is 0 Å². The highest BCUT2D eigenvalue weighted by atomic mass is 19.1. The van der Waals surface area contributed by atoms with Gasteiger partial charge in [-0.15, -0.1) is 0 Å². The summed E-state index contributed by atoms with van der Waals surface area (Å²) in [6.07, 6.45) is 1.77. The van der Waals surface area contributed by atoms with Crippen LogP contribution in [0.15, 0.2) is 42.6 Å². The number of amides is 1. The molecular formula is C15H16FN3O. The molecule has 0 radical (unpaired) electrons. The summed E-state index contributed by atoms with van der Waals surface area (Å²) in [4.78, 5) is 15.8. The standard InChI is InChI=1S/C15H16FN3O/c1-11-5-6-12(9-18-11)8-17-10-15(20)19-14-4-2-3-13(16)7-14/h2-7,9,17H,8,10H2,1H3,(H,19,20). The minimum Gasteiger partial charge on any atom is -0.325 e. The molecule has 4 nitrogen and oxygen atoms in total. The summed E-state index contributed by atoms with van der Waals surface area (Å²) in [5, 5.41) is 5.63. The summed E-state index contributed by atoms with van der Waals surface area (Å²) >= 11 is 0. The van der Waals surface area contributed by atoms with Crippen molar-refractivity contribution in [3.8, 4) is 0 Å². The van der Waals surface area contributed by atoms with Crippen LogP contribution in [-0.2, 0) is 11.3 Å². The molecule has 0 aliphatic heterocycles. The molecule has 0 saturated carbocycles. The van der Waals surface area contributed by atoms with Crippen molar-refractivity contribution in [1.82, 2.24) is 10.3 Å². The topological polar surface area (TPSA) is 54.0 Å². The first kappa shape index (κ1) is 14.1. The molecule has 1 aromatic heterocycles. The van der Waals surface area contributed by atoms with Crippen LogP contribution in [0.1, 0.15) is 11.3 Å². The zero-order valence-electron chi connectivity index (χ0n) is 11.2. The Bertz CT molecular complexity index is 584. The Morgan fingerprint density at radius 3 is 2.85 bits per heavy atom. The maximum absolute atomic E-state index is 12.9. The summed E-state index contributed by atoms with van der Waals surface area (Å²) in [5.41, 5.74) is 2.42. The fourth-order valence-corrected chi connectivity index (χ4v) is 1.69. The van der Waals surface area contributed by atoms with E-state index in [4.69, 9.17) is 0 Å². The Labute approximate surface area is 117 Å². The predicted molar refractivity (Wildman–Crippen MR) is 75.7 cm³/mol. The van der Waals surface area contributed by atoms with Gasteiger partial charge in [0, 0.05) is 24.1 Å². The van der Waals surface area contributed by atoms with Crippen LogP contribution in [0, 0.1) is 12.7 Å². The number of hydrogen-bond donors (Lipinski definition) is 2. The molecule has 2 N–H and O–H groups in total. The number of carbonyl (C=O) groups is 1. The SMILES string of the molecule is Cc1ccc(CNCC(=O)Nc2cccc(F)c2)cn1. The molecular weight excluding hydrogens is 257 g/mol. The first-order valence-electron chi connectivity index (χ1n) is 6.31. The van der Waals surface area contributed by atoms with E-state index in [-0.39, 0.29) is 18.3 Å². The zero-order valence-corrected chi connectivity index (χ0v) is 11.2. The predicted octanol–water partition coefficient (Wildman–Crippen LogP) is 2.26. The molecule has 0 atom stereocenters. The van der Waals surface area contributed by atoms with Crippen molar-refractivity contribution in [2.24, 2.45) is 0 Å². The van der Waals surface area contributed by atoms with Crippen molar-refractivity contribution < 1.29 is 9.18 Å². The Hall–Kier alpha value is -2.27. The Morgan fingerprint density at radius 2 is 2.15 bits per heavy atom. The number of hydrogen-bond acceptors (Lipinski definition) is 3. The third-order valence-corrected chi connectivity index (χ3v) is 2.70. The van der Waals surface area contributed by atoms with Gasteiger partial charge in [-0.05, 0) is 36.8 Å². The second kappa shape index (κ2) is 6.77. The number of halogens is 1. The van der Waals surface area contributed by atoms with E-state index in [9.17, 15) is 9.18 Å². The van der Waals surface area contributed by atoms with E-state index in [2.05, 4.69) is 15.6 Å². The summed E-state index contributed by atoms with van der Waals surface area (Å²) < 4.78 is 12.9. The van der Waals surface area contributed by atoms with Crippen LogP contribution in [0.3, 0.4) is 0 Å². The van der Waals surface area contributed by atoms with Gasteiger partial charge in [0.2, 0.25) is 5.91 Å². The van der Waals surface area contributed by atoms with Gasteiger partial charge in [0.1, 0.15) is 5.82 Å². The van der Waals surface area contributed by atoms with E-state index in [0.29, 0.717) is 12.2 Å². The second-order valence-electron chi connectivity index (χ2n) is 4.47. The van der Waals surface area contributed by atoms with Crippen LogP contribution in [0.2, 0.25) is 0 Å². The lowest BCUT2D eigenvalue weighted by Gasteiger charge is -2.07. The smallest absolute Gasteiger partial charge is 0.238 e. The highest BCUT2D eigenvalue weighted by Crippen LogP contribution is 2.08. The summed E-state index contributed by atoms with van der Waals surface area (Å²) in [6.45, 7) is 2.64. The number of nitrogens with one attached hydrogen (secondary N) is 2. The van der Waals surface area contributed by atoms with Gasteiger partial charge in [-0.3, -0.25) is 9.78 Å². The van der Waals surface area contributed by atoms with E-state index < -0.39 is 0 Å². The Morgan fingerprint density at radius 1 is 1.30 bits per heavy atom. The van der Waals surface area contributed by atoms with E-state index in [1.165, 1.54) is 12.1 Å². The summed E-state index contributed by atoms with van der Waals surface area (Å²) in [7, 11) is 0. The van der Waals surface area contributed by atoms with Crippen molar-refractivity contribution in [3.63, 3.8) is 0 Å². The number of nitrogens with zero attached hydrogens (tertiary/aromatic N) is 1. The van der Waals surface area contributed by atoms with E-state index in [1.54, 1.807) is 18.3 Å². The lowest BCUT2D eigenvalue weighted by molar-refractivity contribution is -0.115. The highest BCUT2D eigenvalue weighted by molar-refractivity contribution is 5.92. The average molecular weight is 273 g/mol. The van der Waals surface area contributed by atoms with Crippen LogP contribution in [-0.4, -0.2) is 17.4 Å². The van der Waals surface area contributed by atoms with E-state index in [1.807, 2.05) is 19.1 Å². The van der Waals surface area contributed by atoms with Gasteiger partial charge in [0.05, 0.1) is 6.54 Å². The minimum absolute atomic E-state index is 0.157.